The first kappa shape index (κ1) is 16.1. The van der Waals surface area contributed by atoms with Gasteiger partial charge in [0.05, 0.1) is 11.2 Å². The summed E-state index contributed by atoms with van der Waals surface area (Å²) in [6, 6.07) is 3.93. The van der Waals surface area contributed by atoms with Gasteiger partial charge in [-0.2, -0.15) is 0 Å². The lowest BCUT2D eigenvalue weighted by Crippen LogP contribution is -2.41. The predicted molar refractivity (Wildman–Crippen MR) is 92.9 cm³/mol. The fraction of sp³-hybridized carbons (Fsp3) is 0.529. The first-order valence-electron chi connectivity index (χ1n) is 7.76. The van der Waals surface area contributed by atoms with Crippen LogP contribution < -0.4 is 0 Å². The monoisotopic (exact) mass is 364 g/mol. The van der Waals surface area contributed by atoms with Crippen LogP contribution in [0.2, 0.25) is 0 Å². The number of phenols is 1. The van der Waals surface area contributed by atoms with Gasteiger partial charge in [-0.1, -0.05) is 28.0 Å². The third-order valence-corrected chi connectivity index (χ3v) is 5.31. The molecule has 0 unspecified atom stereocenters. The lowest BCUT2D eigenvalue weighted by molar-refractivity contribution is 0.00578. The molecule has 1 saturated heterocycles. The minimum atomic E-state index is -0.396. The second-order valence-corrected chi connectivity index (χ2v) is 8.11. The highest BCUT2D eigenvalue weighted by Gasteiger charge is 2.50. The van der Waals surface area contributed by atoms with Crippen LogP contribution >= 0.6 is 15.9 Å². The van der Waals surface area contributed by atoms with E-state index in [9.17, 15) is 5.11 Å². The van der Waals surface area contributed by atoms with E-state index in [2.05, 4.69) is 15.9 Å². The van der Waals surface area contributed by atoms with Gasteiger partial charge < -0.3 is 14.4 Å². The van der Waals surface area contributed by atoms with Gasteiger partial charge in [0.2, 0.25) is 0 Å². The van der Waals surface area contributed by atoms with E-state index in [-0.39, 0.29) is 11.2 Å². The molecule has 1 heterocycles. The summed E-state index contributed by atoms with van der Waals surface area (Å²) in [5.74, 6) is 2.74. The van der Waals surface area contributed by atoms with E-state index in [1.807, 2.05) is 51.9 Å². The Morgan fingerprint density at radius 3 is 2.32 bits per heavy atom. The average molecular weight is 365 g/mol. The molecule has 1 aromatic carbocycles. The number of halogens is 1. The number of hydrogen-bond donors (Lipinski definition) is 1. The molecular formula is C17H22BBrO3. The molecule has 1 saturated carbocycles. The Kier molecular flexibility index (Phi) is 3.95. The summed E-state index contributed by atoms with van der Waals surface area (Å²) in [5, 5.41) is 10.4. The first-order valence-corrected chi connectivity index (χ1v) is 8.55. The van der Waals surface area contributed by atoms with Gasteiger partial charge in [-0.25, -0.2) is 0 Å². The third kappa shape index (κ3) is 2.99. The zero-order valence-electron chi connectivity index (χ0n) is 13.5. The molecular weight excluding hydrogens is 343 g/mol. The lowest BCUT2D eigenvalue weighted by atomic mass is 9.88. The molecule has 0 atom stereocenters. The van der Waals surface area contributed by atoms with Crippen molar-refractivity contribution in [1.29, 1.82) is 0 Å². The second kappa shape index (κ2) is 5.39. The van der Waals surface area contributed by atoms with Gasteiger partial charge in [-0.15, -0.1) is 0 Å². The van der Waals surface area contributed by atoms with Crippen molar-refractivity contribution in [1.82, 2.24) is 0 Å². The molecule has 1 aromatic rings. The number of rotatable bonds is 3. The number of hydrogen-bond acceptors (Lipinski definition) is 3. The Morgan fingerprint density at radius 2 is 1.77 bits per heavy atom. The van der Waals surface area contributed by atoms with Crippen LogP contribution in [0.4, 0.5) is 0 Å². The Labute approximate surface area is 141 Å². The Bertz CT molecular complexity index is 605. The Morgan fingerprint density at radius 1 is 1.18 bits per heavy atom. The van der Waals surface area contributed by atoms with Crippen molar-refractivity contribution in [3.63, 3.8) is 0 Å². The standard InChI is InChI=1S/C17H22BBrO3/c1-16(2)17(3,4)22-18(21-16)8-7-12-9-13(19)10-14(15(12)20)11-5-6-11/h7-11,20H,5-6H2,1-4H3/b8-7+. The van der Waals surface area contributed by atoms with E-state index in [1.54, 1.807) is 0 Å². The van der Waals surface area contributed by atoms with Crippen molar-refractivity contribution in [2.45, 2.75) is 57.7 Å². The van der Waals surface area contributed by atoms with Crippen molar-refractivity contribution in [3.05, 3.63) is 33.7 Å². The number of phenolic OH excluding ortho intramolecular Hbond substituents is 1. The van der Waals surface area contributed by atoms with E-state index in [0.29, 0.717) is 11.7 Å². The van der Waals surface area contributed by atoms with Crippen LogP contribution in [0.3, 0.4) is 0 Å². The van der Waals surface area contributed by atoms with Gasteiger partial charge in [-0.05, 0) is 64.2 Å². The van der Waals surface area contributed by atoms with E-state index < -0.39 is 7.12 Å². The molecule has 1 aliphatic carbocycles. The summed E-state index contributed by atoms with van der Waals surface area (Å²) in [7, 11) is -0.396. The molecule has 5 heteroatoms. The van der Waals surface area contributed by atoms with Gasteiger partial charge in [0.25, 0.3) is 0 Å². The molecule has 1 aliphatic heterocycles. The third-order valence-electron chi connectivity index (χ3n) is 4.86. The maximum absolute atomic E-state index is 10.4. The minimum absolute atomic E-state index is 0.347. The zero-order valence-corrected chi connectivity index (χ0v) is 15.1. The van der Waals surface area contributed by atoms with Crippen molar-refractivity contribution in [2.75, 3.05) is 0 Å². The molecule has 3 nitrogen and oxygen atoms in total. The largest absolute Gasteiger partial charge is 0.507 e. The van der Waals surface area contributed by atoms with E-state index in [4.69, 9.17) is 9.31 Å². The molecule has 0 bridgehead atoms. The molecule has 0 spiro atoms. The smallest absolute Gasteiger partial charge is 0.487 e. The van der Waals surface area contributed by atoms with Crippen LogP contribution in [0.25, 0.3) is 6.08 Å². The van der Waals surface area contributed by atoms with Crippen molar-refractivity contribution < 1.29 is 14.4 Å². The first-order chi connectivity index (χ1) is 10.2. The van der Waals surface area contributed by atoms with Crippen LogP contribution in [0, 0.1) is 0 Å². The lowest BCUT2D eigenvalue weighted by Gasteiger charge is -2.32. The quantitative estimate of drug-likeness (QED) is 0.791. The number of aromatic hydroxyl groups is 1. The maximum Gasteiger partial charge on any atom is 0.487 e. The van der Waals surface area contributed by atoms with E-state index >= 15 is 0 Å². The molecule has 0 aromatic heterocycles. The fourth-order valence-electron chi connectivity index (χ4n) is 2.62. The number of benzene rings is 1. The second-order valence-electron chi connectivity index (χ2n) is 7.19. The normalized spacial score (nSPS) is 23.4. The van der Waals surface area contributed by atoms with Crippen LogP contribution in [0.15, 0.2) is 22.6 Å². The maximum atomic E-state index is 10.4. The molecule has 22 heavy (non-hydrogen) atoms. The molecule has 0 amide bonds. The molecule has 0 radical (unpaired) electrons. The highest BCUT2D eigenvalue weighted by atomic mass is 79.9. The molecule has 1 N–H and O–H groups in total. The Hall–Kier alpha value is -0.775. The van der Waals surface area contributed by atoms with Crippen LogP contribution in [-0.2, 0) is 9.31 Å². The van der Waals surface area contributed by atoms with Gasteiger partial charge in [0.1, 0.15) is 5.75 Å². The van der Waals surface area contributed by atoms with Crippen molar-refractivity contribution in [2.24, 2.45) is 0 Å². The molecule has 118 valence electrons. The summed E-state index contributed by atoms with van der Waals surface area (Å²) >= 11 is 3.53. The topological polar surface area (TPSA) is 38.7 Å². The van der Waals surface area contributed by atoms with Crippen LogP contribution in [0.1, 0.15) is 57.6 Å². The van der Waals surface area contributed by atoms with Crippen LogP contribution in [0.5, 0.6) is 5.75 Å². The van der Waals surface area contributed by atoms with Gasteiger partial charge in [-0.3, -0.25) is 0 Å². The summed E-state index contributed by atoms with van der Waals surface area (Å²) in [6.07, 6.45) is 4.20. The molecule has 3 rings (SSSR count). The highest BCUT2D eigenvalue weighted by Crippen LogP contribution is 2.46. The molecule has 2 fully saturated rings. The summed E-state index contributed by atoms with van der Waals surface area (Å²) in [4.78, 5) is 0. The summed E-state index contributed by atoms with van der Waals surface area (Å²) in [6.45, 7) is 8.12. The Balaban J connectivity index is 1.82. The predicted octanol–water partition coefficient (Wildman–Crippen LogP) is 4.68. The molecule has 2 aliphatic rings. The SMILES string of the molecule is CC1(C)OB(/C=C/c2cc(Br)cc(C3CC3)c2O)OC1(C)C. The van der Waals surface area contributed by atoms with Gasteiger partial charge in [0.15, 0.2) is 0 Å². The van der Waals surface area contributed by atoms with E-state index in [1.165, 1.54) is 0 Å². The average Bonchev–Trinajstić information content (AvgIpc) is 3.19. The zero-order chi connectivity index (χ0) is 16.1. The minimum Gasteiger partial charge on any atom is -0.507 e. The highest BCUT2D eigenvalue weighted by molar-refractivity contribution is 9.10. The summed E-state index contributed by atoms with van der Waals surface area (Å²) < 4.78 is 12.9. The van der Waals surface area contributed by atoms with Gasteiger partial charge in [0, 0.05) is 10.0 Å². The fourth-order valence-corrected chi connectivity index (χ4v) is 3.12. The summed E-state index contributed by atoms with van der Waals surface area (Å²) in [5.41, 5.74) is 1.13. The van der Waals surface area contributed by atoms with E-state index in [0.717, 1.165) is 28.4 Å². The van der Waals surface area contributed by atoms with Crippen LogP contribution in [-0.4, -0.2) is 23.4 Å². The van der Waals surface area contributed by atoms with Gasteiger partial charge >= 0.3 is 7.12 Å². The van der Waals surface area contributed by atoms with Crippen molar-refractivity contribution in [3.8, 4) is 5.75 Å². The van der Waals surface area contributed by atoms with Crippen molar-refractivity contribution >= 4 is 29.1 Å².